The molecule has 0 fully saturated rings. The first-order chi connectivity index (χ1) is 0. The monoisotopic (exact) mass is 216 g/mol. The van der Waals surface area contributed by atoms with Crippen LogP contribution in [0.25, 0.3) is 0 Å². The molecule has 0 unspecified atom stereocenters. The average molecular weight is 217 g/mol. The van der Waals surface area contributed by atoms with Crippen molar-refractivity contribution in [2.75, 3.05) is 0 Å². The van der Waals surface area contributed by atoms with Gasteiger partial charge in [-0.05, 0) is 0 Å². The normalized spacial score (nSPS) is 0. The van der Waals surface area contributed by atoms with E-state index >= 15 is 0 Å². The first-order valence-corrected chi connectivity index (χ1v) is 0. The first-order valence-electron chi connectivity index (χ1n) is 0. The van der Waals surface area contributed by atoms with Gasteiger partial charge < -0.3 is 5.48 Å². The van der Waals surface area contributed by atoms with E-state index in [0.29, 0.717) is 0 Å². The van der Waals surface area contributed by atoms with Crippen molar-refractivity contribution >= 4 is 0 Å². The third-order valence-electron chi connectivity index (χ3n) is 0. The molecular formula is KMnNiOTi+7. The standard InChI is InChI=1S/K.Mn.Ni.O.Ti/q+1;2*+2;-2;+4. The van der Waals surface area contributed by atoms with E-state index in [4.69, 9.17) is 0 Å². The molecule has 5 heteroatoms. The minimum absolute atomic E-state index is 0. The van der Waals surface area contributed by atoms with Gasteiger partial charge >= 0.3 is 107 Å². The second-order valence-electron chi connectivity index (χ2n) is 0. The van der Waals surface area contributed by atoms with Crippen LogP contribution in [0, 0.1) is 0 Å². The fraction of sp³-hybridized carbons (Fsp3) is 0. The Labute approximate surface area is 109 Å². The van der Waals surface area contributed by atoms with E-state index in [1.165, 1.54) is 0 Å². The summed E-state index contributed by atoms with van der Waals surface area (Å²) in [6.07, 6.45) is 0. The number of hydrogen-bond donors (Lipinski definition) is 0. The molecule has 0 amide bonds. The van der Waals surface area contributed by atoms with Crippen molar-refractivity contribution in [3.8, 4) is 0 Å². The summed E-state index contributed by atoms with van der Waals surface area (Å²) in [5.74, 6) is 0. The van der Waals surface area contributed by atoms with E-state index in [2.05, 4.69) is 0 Å². The van der Waals surface area contributed by atoms with E-state index < -0.39 is 0 Å². The molecule has 0 aromatic heterocycles. The molecule has 0 bridgehead atoms. The van der Waals surface area contributed by atoms with E-state index in [1.807, 2.05) is 0 Å². The summed E-state index contributed by atoms with van der Waals surface area (Å²) in [5.41, 5.74) is 0. The average Bonchev–Trinajstić information content (AvgIpc) is 0. The maximum absolute atomic E-state index is 0. The molecule has 1 nitrogen and oxygen atoms in total. The van der Waals surface area contributed by atoms with Gasteiger partial charge in [0, 0.05) is 0 Å². The van der Waals surface area contributed by atoms with Gasteiger partial charge in [-0.2, -0.15) is 0 Å². The van der Waals surface area contributed by atoms with Crippen molar-refractivity contribution in [3.63, 3.8) is 0 Å². The van der Waals surface area contributed by atoms with Crippen molar-refractivity contribution in [1.82, 2.24) is 0 Å². The molecule has 1 radical (unpaired) electrons. The maximum atomic E-state index is 0. The fourth-order valence-corrected chi connectivity index (χ4v) is 0. The molecule has 0 saturated heterocycles. The summed E-state index contributed by atoms with van der Waals surface area (Å²) in [4.78, 5) is 0. The van der Waals surface area contributed by atoms with Crippen LogP contribution < -0.4 is 51.4 Å². The molecule has 0 rings (SSSR count). The second kappa shape index (κ2) is 26.5. The van der Waals surface area contributed by atoms with Gasteiger partial charge in [0.15, 0.2) is 0 Å². The molecule has 0 saturated carbocycles. The van der Waals surface area contributed by atoms with Crippen LogP contribution in [0.3, 0.4) is 0 Å². The van der Waals surface area contributed by atoms with Crippen LogP contribution in [0.1, 0.15) is 0 Å². The molecule has 21 valence electrons. The quantitative estimate of drug-likeness (QED) is 0.384. The fourth-order valence-electron chi connectivity index (χ4n) is 0. The molecular weight excluding hydrogens is 217 g/mol. The zero-order valence-corrected chi connectivity index (χ0v) is 9.46. The Hall–Kier alpha value is 3.32. The molecule has 5 heavy (non-hydrogen) atoms. The molecule has 0 atom stereocenters. The van der Waals surface area contributed by atoms with Gasteiger partial charge in [-0.1, -0.05) is 0 Å². The Morgan fingerprint density at radius 3 is 1.00 bits per heavy atom. The third-order valence-corrected chi connectivity index (χ3v) is 0. The summed E-state index contributed by atoms with van der Waals surface area (Å²) < 4.78 is 0. The molecule has 0 heterocycles. The van der Waals surface area contributed by atoms with Crippen molar-refractivity contribution < 1.29 is 112 Å². The van der Waals surface area contributed by atoms with Crippen LogP contribution in [-0.2, 0) is 60.8 Å². The Bertz CT molecular complexity index is 11.6. The van der Waals surface area contributed by atoms with Gasteiger partial charge in [0.2, 0.25) is 0 Å². The van der Waals surface area contributed by atoms with Crippen LogP contribution >= 0.6 is 0 Å². The van der Waals surface area contributed by atoms with Gasteiger partial charge in [-0.15, -0.1) is 0 Å². The van der Waals surface area contributed by atoms with Crippen LogP contribution in [0.5, 0.6) is 0 Å². The smallest absolute Gasteiger partial charge is 2.00 e. The second-order valence-corrected chi connectivity index (χ2v) is 0. The predicted molar refractivity (Wildman–Crippen MR) is 0.686 cm³/mol. The van der Waals surface area contributed by atoms with Crippen LogP contribution in [0.2, 0.25) is 0 Å². The number of rotatable bonds is 0. The Kier molecular flexibility index (Phi) is 214. The Balaban J connectivity index is 0. The minimum Gasteiger partial charge on any atom is -2.00 e. The van der Waals surface area contributed by atoms with Gasteiger partial charge in [0.25, 0.3) is 0 Å². The summed E-state index contributed by atoms with van der Waals surface area (Å²) in [6.45, 7) is 0. The van der Waals surface area contributed by atoms with Gasteiger partial charge in [-0.25, -0.2) is 0 Å². The van der Waals surface area contributed by atoms with Crippen molar-refractivity contribution in [2.45, 2.75) is 0 Å². The SMILES string of the molecule is [K+].[Mn+2].[Ni+2].[O-2].[Ti+4]. The zero-order chi connectivity index (χ0) is 0. The number of hydrogen-bond acceptors (Lipinski definition) is 0. The molecule has 0 aromatic carbocycles. The molecule has 0 spiro atoms. The first kappa shape index (κ1) is 40.4. The van der Waals surface area contributed by atoms with Gasteiger partial charge in [-0.3, -0.25) is 0 Å². The van der Waals surface area contributed by atoms with E-state index in [9.17, 15) is 0 Å². The third kappa shape index (κ3) is 18.8. The summed E-state index contributed by atoms with van der Waals surface area (Å²) >= 11 is 0. The van der Waals surface area contributed by atoms with Crippen molar-refractivity contribution in [1.29, 1.82) is 0 Å². The summed E-state index contributed by atoms with van der Waals surface area (Å²) in [5, 5.41) is 0. The Morgan fingerprint density at radius 1 is 1.00 bits per heavy atom. The predicted octanol–water partition coefficient (Wildman–Crippen LogP) is -3.12. The Morgan fingerprint density at radius 2 is 1.00 bits per heavy atom. The van der Waals surface area contributed by atoms with Crippen molar-refractivity contribution in [2.24, 2.45) is 0 Å². The maximum Gasteiger partial charge on any atom is 4.00 e. The van der Waals surface area contributed by atoms with Gasteiger partial charge in [0.1, 0.15) is 0 Å². The minimum atomic E-state index is 0. The van der Waals surface area contributed by atoms with Crippen LogP contribution in [-0.4, -0.2) is 0 Å². The van der Waals surface area contributed by atoms with Crippen molar-refractivity contribution in [3.05, 3.63) is 0 Å². The molecule has 0 aromatic rings. The zero-order valence-electron chi connectivity index (χ0n) is 2.60. The van der Waals surface area contributed by atoms with Crippen LogP contribution in [0.4, 0.5) is 0 Å². The largest absolute Gasteiger partial charge is 4.00 e. The van der Waals surface area contributed by atoms with Gasteiger partial charge in [0.05, 0.1) is 0 Å². The van der Waals surface area contributed by atoms with E-state index in [0.717, 1.165) is 0 Å². The van der Waals surface area contributed by atoms with E-state index in [-0.39, 0.29) is 112 Å². The summed E-state index contributed by atoms with van der Waals surface area (Å²) in [7, 11) is 0. The molecule has 0 aliphatic rings. The molecule has 0 aliphatic heterocycles. The topological polar surface area (TPSA) is 28.5 Å². The van der Waals surface area contributed by atoms with E-state index in [1.54, 1.807) is 0 Å². The van der Waals surface area contributed by atoms with Crippen LogP contribution in [0.15, 0.2) is 0 Å². The summed E-state index contributed by atoms with van der Waals surface area (Å²) in [6, 6.07) is 0. The molecule has 0 aliphatic carbocycles. The molecule has 0 N–H and O–H groups in total.